The molecular formula is C12H16Cl2N4S. The number of aromatic nitrogens is 2. The lowest BCUT2D eigenvalue weighted by Crippen LogP contribution is -2.29. The molecule has 0 aromatic carbocycles. The molecule has 1 unspecified atom stereocenters. The van der Waals surface area contributed by atoms with E-state index in [9.17, 15) is 0 Å². The molecule has 1 atom stereocenters. The molecule has 0 spiro atoms. The Morgan fingerprint density at radius 2 is 2.11 bits per heavy atom. The van der Waals surface area contributed by atoms with Gasteiger partial charge in [-0.3, -0.25) is 16.0 Å². The number of nitrogens with zero attached hydrogens (tertiary/aromatic N) is 2. The maximum absolute atomic E-state index is 6.29. The topological polar surface area (TPSA) is 55.9 Å². The third kappa shape index (κ3) is 2.80. The highest BCUT2D eigenvalue weighted by Crippen LogP contribution is 2.34. The summed E-state index contributed by atoms with van der Waals surface area (Å²) in [6, 6.07) is -0.0708. The minimum atomic E-state index is -0.0708. The van der Waals surface area contributed by atoms with Crippen molar-refractivity contribution in [2.75, 3.05) is 0 Å². The Morgan fingerprint density at radius 1 is 1.42 bits per heavy atom. The molecule has 0 aliphatic rings. The Morgan fingerprint density at radius 3 is 2.53 bits per heavy atom. The monoisotopic (exact) mass is 318 g/mol. The zero-order valence-corrected chi connectivity index (χ0v) is 13.3. The van der Waals surface area contributed by atoms with E-state index in [2.05, 4.69) is 10.5 Å². The highest BCUT2D eigenvalue weighted by Gasteiger charge is 2.21. The SMILES string of the molecule is Cc1csc(C(Cc2c(Cl)c(C)nn2C)NN)c1Cl. The fraction of sp³-hybridized carbons (Fsp3) is 0.417. The van der Waals surface area contributed by atoms with E-state index in [1.807, 2.05) is 26.3 Å². The minimum Gasteiger partial charge on any atom is -0.271 e. The first-order valence-electron chi connectivity index (χ1n) is 5.83. The van der Waals surface area contributed by atoms with Crippen LogP contribution in [0.15, 0.2) is 5.38 Å². The summed E-state index contributed by atoms with van der Waals surface area (Å²) in [6.45, 7) is 3.87. The fourth-order valence-corrected chi connectivity index (χ4v) is 3.63. The van der Waals surface area contributed by atoms with Crippen LogP contribution < -0.4 is 11.3 Å². The first-order valence-corrected chi connectivity index (χ1v) is 7.46. The van der Waals surface area contributed by atoms with Gasteiger partial charge in [0.1, 0.15) is 0 Å². The maximum Gasteiger partial charge on any atom is 0.0847 e. The van der Waals surface area contributed by atoms with Crippen molar-refractivity contribution in [3.63, 3.8) is 0 Å². The number of thiophene rings is 1. The molecule has 0 aliphatic heterocycles. The van der Waals surface area contributed by atoms with Crippen molar-refractivity contribution in [3.8, 4) is 0 Å². The second kappa shape index (κ2) is 5.81. The molecule has 3 N–H and O–H groups in total. The summed E-state index contributed by atoms with van der Waals surface area (Å²) >= 11 is 14.2. The van der Waals surface area contributed by atoms with Crippen LogP contribution in [0.4, 0.5) is 0 Å². The zero-order chi connectivity index (χ0) is 14.2. The molecule has 0 radical (unpaired) electrons. The van der Waals surface area contributed by atoms with Gasteiger partial charge >= 0.3 is 0 Å². The first-order chi connectivity index (χ1) is 8.95. The lowest BCUT2D eigenvalue weighted by molar-refractivity contribution is 0.537. The Balaban J connectivity index is 2.32. The molecule has 0 saturated heterocycles. The summed E-state index contributed by atoms with van der Waals surface area (Å²) in [6.07, 6.45) is 0.645. The molecule has 2 aromatic heterocycles. The average Bonchev–Trinajstić information content (AvgIpc) is 2.81. The third-order valence-electron chi connectivity index (χ3n) is 3.10. The van der Waals surface area contributed by atoms with E-state index in [1.165, 1.54) is 0 Å². The molecule has 2 heterocycles. The van der Waals surface area contributed by atoms with Crippen molar-refractivity contribution in [3.05, 3.63) is 37.3 Å². The zero-order valence-electron chi connectivity index (χ0n) is 11.0. The average molecular weight is 319 g/mol. The number of hydrogen-bond acceptors (Lipinski definition) is 4. The molecule has 0 aliphatic carbocycles. The van der Waals surface area contributed by atoms with Crippen LogP contribution in [0.5, 0.6) is 0 Å². The Bertz CT molecular complexity index is 591. The normalized spacial score (nSPS) is 12.9. The molecule has 0 fully saturated rings. The summed E-state index contributed by atoms with van der Waals surface area (Å²) in [4.78, 5) is 1.02. The summed E-state index contributed by atoms with van der Waals surface area (Å²) in [5, 5.41) is 7.79. The molecule has 0 saturated carbocycles. The fourth-order valence-electron chi connectivity index (χ4n) is 2.01. The van der Waals surface area contributed by atoms with Gasteiger partial charge in [-0.1, -0.05) is 23.2 Å². The lowest BCUT2D eigenvalue weighted by Gasteiger charge is -2.15. The van der Waals surface area contributed by atoms with E-state index in [-0.39, 0.29) is 6.04 Å². The molecule has 2 aromatic rings. The predicted molar refractivity (Wildman–Crippen MR) is 80.8 cm³/mol. The number of nitrogens with two attached hydrogens (primary N) is 1. The van der Waals surface area contributed by atoms with Crippen molar-refractivity contribution in [1.82, 2.24) is 15.2 Å². The van der Waals surface area contributed by atoms with Gasteiger partial charge in [0.05, 0.1) is 27.5 Å². The van der Waals surface area contributed by atoms with Gasteiger partial charge in [0.2, 0.25) is 0 Å². The number of hydrogen-bond donors (Lipinski definition) is 2. The predicted octanol–water partition coefficient (Wildman–Crippen LogP) is 3.15. The van der Waals surface area contributed by atoms with Crippen LogP contribution in [0.3, 0.4) is 0 Å². The summed E-state index contributed by atoms with van der Waals surface area (Å²) in [5.41, 5.74) is 5.65. The lowest BCUT2D eigenvalue weighted by atomic mass is 10.1. The van der Waals surface area contributed by atoms with Crippen LogP contribution in [-0.2, 0) is 13.5 Å². The molecule has 0 bridgehead atoms. The molecule has 4 nitrogen and oxygen atoms in total. The van der Waals surface area contributed by atoms with Crippen LogP contribution in [0.2, 0.25) is 10.0 Å². The Hall–Kier alpha value is -0.590. The van der Waals surface area contributed by atoms with Crippen LogP contribution in [0.1, 0.15) is 27.9 Å². The molecule has 7 heteroatoms. The van der Waals surface area contributed by atoms with Gasteiger partial charge in [-0.05, 0) is 24.8 Å². The van der Waals surface area contributed by atoms with Crippen LogP contribution >= 0.6 is 34.5 Å². The van der Waals surface area contributed by atoms with E-state index >= 15 is 0 Å². The summed E-state index contributed by atoms with van der Waals surface area (Å²) in [5.74, 6) is 5.66. The number of halogens is 2. The molecule has 19 heavy (non-hydrogen) atoms. The second-order valence-electron chi connectivity index (χ2n) is 4.49. The van der Waals surface area contributed by atoms with E-state index in [0.29, 0.717) is 11.4 Å². The van der Waals surface area contributed by atoms with Gasteiger partial charge in [-0.25, -0.2) is 0 Å². The maximum atomic E-state index is 6.29. The number of nitrogens with one attached hydrogen (secondary N) is 1. The van der Waals surface area contributed by atoms with E-state index < -0.39 is 0 Å². The molecule has 0 amide bonds. The number of aryl methyl sites for hydroxylation is 3. The van der Waals surface area contributed by atoms with Gasteiger partial charge in [0, 0.05) is 18.3 Å². The quantitative estimate of drug-likeness (QED) is 0.672. The first kappa shape index (κ1) is 14.8. The minimum absolute atomic E-state index is 0.0708. The molecule has 104 valence electrons. The Labute approximate surface area is 126 Å². The Kier molecular flexibility index (Phi) is 4.53. The van der Waals surface area contributed by atoms with Gasteiger partial charge < -0.3 is 0 Å². The molecular weight excluding hydrogens is 303 g/mol. The van der Waals surface area contributed by atoms with Gasteiger partial charge in [-0.15, -0.1) is 11.3 Å². The smallest absolute Gasteiger partial charge is 0.0847 e. The van der Waals surface area contributed by atoms with E-state index in [0.717, 1.165) is 26.9 Å². The summed E-state index contributed by atoms with van der Waals surface area (Å²) < 4.78 is 1.79. The van der Waals surface area contributed by atoms with Crippen LogP contribution in [-0.4, -0.2) is 9.78 Å². The molecule has 2 rings (SSSR count). The van der Waals surface area contributed by atoms with Crippen molar-refractivity contribution in [2.24, 2.45) is 12.9 Å². The van der Waals surface area contributed by atoms with E-state index in [4.69, 9.17) is 29.0 Å². The van der Waals surface area contributed by atoms with Crippen molar-refractivity contribution in [1.29, 1.82) is 0 Å². The van der Waals surface area contributed by atoms with Crippen LogP contribution in [0, 0.1) is 13.8 Å². The summed E-state index contributed by atoms with van der Waals surface area (Å²) in [7, 11) is 1.88. The largest absolute Gasteiger partial charge is 0.271 e. The van der Waals surface area contributed by atoms with Gasteiger partial charge in [0.25, 0.3) is 0 Å². The third-order valence-corrected chi connectivity index (χ3v) is 5.42. The highest BCUT2D eigenvalue weighted by molar-refractivity contribution is 7.10. The highest BCUT2D eigenvalue weighted by atomic mass is 35.5. The number of hydrazine groups is 1. The van der Waals surface area contributed by atoms with Crippen molar-refractivity contribution < 1.29 is 0 Å². The van der Waals surface area contributed by atoms with Crippen molar-refractivity contribution in [2.45, 2.75) is 26.3 Å². The van der Waals surface area contributed by atoms with Gasteiger partial charge in [-0.2, -0.15) is 5.10 Å². The van der Waals surface area contributed by atoms with Crippen LogP contribution in [0.25, 0.3) is 0 Å². The van der Waals surface area contributed by atoms with Gasteiger partial charge in [0.15, 0.2) is 0 Å². The van der Waals surface area contributed by atoms with Crippen molar-refractivity contribution >= 4 is 34.5 Å². The standard InChI is InChI=1S/C12H16Cl2N4S/c1-6-5-19-12(10(6)13)8(16-15)4-9-11(14)7(2)17-18(9)3/h5,8,16H,4,15H2,1-3H3. The second-order valence-corrected chi connectivity index (χ2v) is 6.16. The number of rotatable bonds is 4. The van der Waals surface area contributed by atoms with E-state index in [1.54, 1.807) is 16.0 Å².